The highest BCUT2D eigenvalue weighted by Crippen LogP contribution is 2.23. The zero-order valence-corrected chi connectivity index (χ0v) is 15.7. The van der Waals surface area contributed by atoms with Crippen molar-refractivity contribution in [2.75, 3.05) is 37.7 Å². The van der Waals surface area contributed by atoms with Gasteiger partial charge in [0.25, 0.3) is 0 Å². The van der Waals surface area contributed by atoms with Gasteiger partial charge < -0.3 is 20.3 Å². The molecule has 0 spiro atoms. The summed E-state index contributed by atoms with van der Waals surface area (Å²) in [7, 11) is 0. The van der Waals surface area contributed by atoms with Gasteiger partial charge in [0.15, 0.2) is 0 Å². The molecule has 2 aliphatic rings. The Morgan fingerprint density at radius 2 is 2.08 bits per heavy atom. The van der Waals surface area contributed by atoms with Crippen molar-refractivity contribution in [1.29, 1.82) is 0 Å². The number of hydrogen-bond acceptors (Lipinski definition) is 4. The van der Waals surface area contributed by atoms with Crippen LogP contribution in [0.2, 0.25) is 0 Å². The smallest absolute Gasteiger partial charge is 0.237 e. The van der Waals surface area contributed by atoms with Crippen LogP contribution in [0.4, 0.5) is 5.69 Å². The Morgan fingerprint density at radius 3 is 2.75 bits per heavy atom. The standard InChI is InChI=1S/C17H25N3O2.2ClH/c1-13-4-5-14(12-19-17(21)15-3-2-6-18-15)16(11-13)20-7-9-22-10-8-20;;/h4-5,11,15,18H,2-3,6-10,12H2,1H3,(H,19,21);2*1H. The third kappa shape index (κ3) is 5.24. The number of amides is 1. The predicted octanol–water partition coefficient (Wildman–Crippen LogP) is 2.04. The van der Waals surface area contributed by atoms with E-state index in [1.54, 1.807) is 0 Å². The number of benzene rings is 1. The van der Waals surface area contributed by atoms with Crippen LogP contribution in [0, 0.1) is 6.92 Å². The molecule has 3 rings (SSSR count). The molecule has 5 nitrogen and oxygen atoms in total. The summed E-state index contributed by atoms with van der Waals surface area (Å²) in [6.07, 6.45) is 2.03. The molecule has 1 atom stereocenters. The summed E-state index contributed by atoms with van der Waals surface area (Å²) in [5, 5.41) is 6.32. The van der Waals surface area contributed by atoms with Crippen molar-refractivity contribution in [3.63, 3.8) is 0 Å². The van der Waals surface area contributed by atoms with Crippen molar-refractivity contribution >= 4 is 36.4 Å². The number of rotatable bonds is 4. The Kier molecular flexibility index (Phi) is 8.84. The highest BCUT2D eigenvalue weighted by atomic mass is 35.5. The second-order valence-corrected chi connectivity index (χ2v) is 6.10. The minimum Gasteiger partial charge on any atom is -0.378 e. The van der Waals surface area contributed by atoms with Crippen molar-refractivity contribution in [1.82, 2.24) is 10.6 Å². The number of carbonyl (C=O) groups is 1. The lowest BCUT2D eigenvalue weighted by Gasteiger charge is -2.31. The van der Waals surface area contributed by atoms with Crippen molar-refractivity contribution in [3.05, 3.63) is 29.3 Å². The van der Waals surface area contributed by atoms with Crippen LogP contribution in [-0.4, -0.2) is 44.8 Å². The first-order valence-electron chi connectivity index (χ1n) is 8.17. The van der Waals surface area contributed by atoms with Gasteiger partial charge >= 0.3 is 0 Å². The van der Waals surface area contributed by atoms with Crippen LogP contribution in [-0.2, 0) is 16.1 Å². The van der Waals surface area contributed by atoms with E-state index in [2.05, 4.69) is 40.7 Å². The van der Waals surface area contributed by atoms with Crippen molar-refractivity contribution < 1.29 is 9.53 Å². The van der Waals surface area contributed by atoms with E-state index in [0.717, 1.165) is 45.7 Å². The molecule has 0 aliphatic carbocycles. The maximum absolute atomic E-state index is 12.2. The monoisotopic (exact) mass is 375 g/mol. The van der Waals surface area contributed by atoms with Crippen LogP contribution < -0.4 is 15.5 Å². The predicted molar refractivity (Wildman–Crippen MR) is 102 cm³/mol. The lowest BCUT2D eigenvalue weighted by atomic mass is 10.1. The molecule has 0 saturated carbocycles. The van der Waals surface area contributed by atoms with Gasteiger partial charge in [-0.2, -0.15) is 0 Å². The Hall–Kier alpha value is -1.01. The summed E-state index contributed by atoms with van der Waals surface area (Å²) in [4.78, 5) is 14.5. The Balaban J connectivity index is 0.00000144. The van der Waals surface area contributed by atoms with Crippen molar-refractivity contribution in [2.24, 2.45) is 0 Å². The lowest BCUT2D eigenvalue weighted by Crippen LogP contribution is -2.41. The van der Waals surface area contributed by atoms with Gasteiger partial charge in [0, 0.05) is 25.3 Å². The maximum atomic E-state index is 12.2. The maximum Gasteiger partial charge on any atom is 0.237 e. The molecule has 1 amide bonds. The summed E-state index contributed by atoms with van der Waals surface area (Å²) in [6, 6.07) is 6.43. The summed E-state index contributed by atoms with van der Waals surface area (Å²) in [5.74, 6) is 0.117. The van der Waals surface area contributed by atoms with Crippen molar-refractivity contribution in [2.45, 2.75) is 32.4 Å². The number of anilines is 1. The van der Waals surface area contributed by atoms with Crippen LogP contribution in [0.5, 0.6) is 0 Å². The number of aryl methyl sites for hydroxylation is 1. The van der Waals surface area contributed by atoms with E-state index in [1.165, 1.54) is 16.8 Å². The highest BCUT2D eigenvalue weighted by molar-refractivity contribution is 5.85. The molecule has 7 heteroatoms. The molecular weight excluding hydrogens is 349 g/mol. The first-order chi connectivity index (χ1) is 10.7. The zero-order chi connectivity index (χ0) is 15.4. The van der Waals surface area contributed by atoms with E-state index in [4.69, 9.17) is 4.74 Å². The normalized spacial score (nSPS) is 20.0. The third-order valence-electron chi connectivity index (χ3n) is 4.42. The fourth-order valence-electron chi connectivity index (χ4n) is 3.14. The molecule has 1 aromatic carbocycles. The average molecular weight is 376 g/mol. The topological polar surface area (TPSA) is 53.6 Å². The molecule has 0 bridgehead atoms. The number of ether oxygens (including phenoxy) is 1. The molecule has 136 valence electrons. The minimum atomic E-state index is -0.0164. The van der Waals surface area contributed by atoms with Crippen LogP contribution in [0.1, 0.15) is 24.0 Å². The SMILES string of the molecule is Cc1ccc(CNC(=O)C2CCCN2)c(N2CCOCC2)c1.Cl.Cl. The number of nitrogens with zero attached hydrogens (tertiary/aromatic N) is 1. The molecule has 2 N–H and O–H groups in total. The number of halogens is 2. The van der Waals surface area contributed by atoms with E-state index in [9.17, 15) is 4.79 Å². The minimum absolute atomic E-state index is 0. The Morgan fingerprint density at radius 1 is 1.33 bits per heavy atom. The number of hydrogen-bond donors (Lipinski definition) is 2. The quantitative estimate of drug-likeness (QED) is 0.845. The Bertz CT molecular complexity index is 531. The fourth-order valence-corrected chi connectivity index (χ4v) is 3.14. The largest absolute Gasteiger partial charge is 0.378 e. The molecule has 2 heterocycles. The summed E-state index contributed by atoms with van der Waals surface area (Å²) >= 11 is 0. The van der Waals surface area contributed by atoms with E-state index in [1.807, 2.05) is 0 Å². The first kappa shape index (κ1) is 21.0. The van der Waals surface area contributed by atoms with Crippen LogP contribution in [0.3, 0.4) is 0 Å². The molecular formula is C17H27Cl2N3O2. The van der Waals surface area contributed by atoms with Gasteiger partial charge in [0.1, 0.15) is 0 Å². The molecule has 1 unspecified atom stereocenters. The van der Waals surface area contributed by atoms with Gasteiger partial charge in [-0.15, -0.1) is 24.8 Å². The van der Waals surface area contributed by atoms with Gasteiger partial charge in [-0.25, -0.2) is 0 Å². The first-order valence-corrected chi connectivity index (χ1v) is 8.17. The van der Waals surface area contributed by atoms with Crippen LogP contribution >= 0.6 is 24.8 Å². The molecule has 0 radical (unpaired) electrons. The van der Waals surface area contributed by atoms with Gasteiger partial charge in [-0.3, -0.25) is 4.79 Å². The third-order valence-corrected chi connectivity index (χ3v) is 4.42. The van der Waals surface area contributed by atoms with Crippen LogP contribution in [0.25, 0.3) is 0 Å². The molecule has 0 aromatic heterocycles. The summed E-state index contributed by atoms with van der Waals surface area (Å²) in [6.45, 7) is 7.00. The molecule has 24 heavy (non-hydrogen) atoms. The molecule has 2 fully saturated rings. The summed E-state index contributed by atoms with van der Waals surface area (Å²) < 4.78 is 5.44. The Labute approximate surface area is 156 Å². The highest BCUT2D eigenvalue weighted by Gasteiger charge is 2.22. The van der Waals surface area contributed by atoms with Crippen molar-refractivity contribution in [3.8, 4) is 0 Å². The summed E-state index contributed by atoms with van der Waals surface area (Å²) in [5.41, 5.74) is 3.65. The van der Waals surface area contributed by atoms with E-state index >= 15 is 0 Å². The fraction of sp³-hybridized carbons (Fsp3) is 0.588. The lowest BCUT2D eigenvalue weighted by molar-refractivity contribution is -0.122. The van der Waals surface area contributed by atoms with E-state index < -0.39 is 0 Å². The molecule has 1 aromatic rings. The molecule has 2 saturated heterocycles. The average Bonchev–Trinajstić information content (AvgIpc) is 3.09. The number of nitrogens with one attached hydrogen (secondary N) is 2. The second kappa shape index (κ2) is 10.1. The zero-order valence-electron chi connectivity index (χ0n) is 14.0. The number of carbonyl (C=O) groups excluding carboxylic acids is 1. The van der Waals surface area contributed by atoms with E-state index in [-0.39, 0.29) is 36.8 Å². The molecule has 2 aliphatic heterocycles. The van der Waals surface area contributed by atoms with Gasteiger partial charge in [0.05, 0.1) is 19.3 Å². The van der Waals surface area contributed by atoms with Gasteiger partial charge in [-0.05, 0) is 43.5 Å². The van der Waals surface area contributed by atoms with Gasteiger partial charge in [0.2, 0.25) is 5.91 Å². The number of morpholine rings is 1. The van der Waals surface area contributed by atoms with Crippen LogP contribution in [0.15, 0.2) is 18.2 Å². The van der Waals surface area contributed by atoms with E-state index in [0.29, 0.717) is 6.54 Å². The van der Waals surface area contributed by atoms with Gasteiger partial charge in [-0.1, -0.05) is 12.1 Å². The second-order valence-electron chi connectivity index (χ2n) is 6.10.